The van der Waals surface area contributed by atoms with Crippen molar-refractivity contribution in [1.82, 2.24) is 10.3 Å². The van der Waals surface area contributed by atoms with Crippen molar-refractivity contribution < 1.29 is 9.66 Å². The number of nitrogens with one attached hydrogen (secondary N) is 1. The number of nitro groups is 1. The van der Waals surface area contributed by atoms with Crippen molar-refractivity contribution in [3.05, 3.63) is 64.3 Å². The van der Waals surface area contributed by atoms with Gasteiger partial charge in [0.15, 0.2) is 0 Å². The van der Waals surface area contributed by atoms with Gasteiger partial charge in [0.25, 0.3) is 5.69 Å². The summed E-state index contributed by atoms with van der Waals surface area (Å²) in [6, 6.07) is 12.0. The number of rotatable bonds is 7. The zero-order valence-electron chi connectivity index (χ0n) is 11.3. The van der Waals surface area contributed by atoms with Crippen LogP contribution in [0.2, 0.25) is 0 Å². The van der Waals surface area contributed by atoms with Gasteiger partial charge in [0.1, 0.15) is 6.61 Å². The van der Waals surface area contributed by atoms with Crippen molar-refractivity contribution in [2.45, 2.75) is 6.54 Å². The van der Waals surface area contributed by atoms with Gasteiger partial charge >= 0.3 is 0 Å². The Kier molecular flexibility index (Phi) is 7.14. The second-order valence-electron chi connectivity index (χ2n) is 4.12. The highest BCUT2D eigenvalue weighted by molar-refractivity contribution is 5.85. The summed E-state index contributed by atoms with van der Waals surface area (Å²) in [5.74, 6) is 0.602. The smallest absolute Gasteiger partial charge is 0.269 e. The Morgan fingerprint density at radius 3 is 2.57 bits per heavy atom. The molecule has 0 aliphatic carbocycles. The molecule has 0 aliphatic rings. The van der Waals surface area contributed by atoms with Crippen LogP contribution in [-0.4, -0.2) is 23.1 Å². The second kappa shape index (κ2) is 8.89. The lowest BCUT2D eigenvalue weighted by atomic mass is 10.2. The average Bonchev–Trinajstić information content (AvgIpc) is 2.48. The largest absolute Gasteiger partial charge is 0.476 e. The highest BCUT2D eigenvalue weighted by atomic mass is 35.5. The molecule has 0 unspecified atom stereocenters. The lowest BCUT2D eigenvalue weighted by molar-refractivity contribution is -0.384. The van der Waals surface area contributed by atoms with Crippen LogP contribution in [0.4, 0.5) is 5.69 Å². The molecule has 112 valence electrons. The summed E-state index contributed by atoms with van der Waals surface area (Å²) in [7, 11) is 0. The first-order valence-corrected chi connectivity index (χ1v) is 6.23. The quantitative estimate of drug-likeness (QED) is 0.483. The highest BCUT2D eigenvalue weighted by Crippen LogP contribution is 2.11. The molecule has 0 saturated heterocycles. The summed E-state index contributed by atoms with van der Waals surface area (Å²) in [5, 5.41) is 13.7. The Labute approximate surface area is 128 Å². The van der Waals surface area contributed by atoms with Gasteiger partial charge in [0.05, 0.1) is 4.92 Å². The van der Waals surface area contributed by atoms with E-state index < -0.39 is 4.92 Å². The van der Waals surface area contributed by atoms with Crippen molar-refractivity contribution in [3.8, 4) is 5.88 Å². The fourth-order valence-electron chi connectivity index (χ4n) is 1.63. The topological polar surface area (TPSA) is 77.3 Å². The first kappa shape index (κ1) is 16.9. The zero-order chi connectivity index (χ0) is 14.2. The summed E-state index contributed by atoms with van der Waals surface area (Å²) in [6.45, 7) is 1.83. The Bertz CT molecular complexity index is 549. The molecular formula is C14H16ClN3O3. The van der Waals surface area contributed by atoms with Crippen LogP contribution < -0.4 is 10.1 Å². The Hall–Kier alpha value is -2.18. The van der Waals surface area contributed by atoms with Crippen LogP contribution in [0.5, 0.6) is 5.88 Å². The lowest BCUT2D eigenvalue weighted by Crippen LogP contribution is -2.20. The van der Waals surface area contributed by atoms with E-state index in [0.717, 1.165) is 5.56 Å². The number of halogens is 1. The molecule has 0 bridgehead atoms. The average molecular weight is 310 g/mol. The molecule has 0 radical (unpaired) electrons. The monoisotopic (exact) mass is 309 g/mol. The van der Waals surface area contributed by atoms with E-state index in [4.69, 9.17) is 4.74 Å². The fourth-order valence-corrected chi connectivity index (χ4v) is 1.63. The van der Waals surface area contributed by atoms with Crippen LogP contribution in [0.1, 0.15) is 5.56 Å². The molecule has 1 aromatic heterocycles. The number of hydrogen-bond donors (Lipinski definition) is 1. The van der Waals surface area contributed by atoms with Gasteiger partial charge in [-0.15, -0.1) is 12.4 Å². The van der Waals surface area contributed by atoms with Crippen LogP contribution >= 0.6 is 12.4 Å². The van der Waals surface area contributed by atoms with Gasteiger partial charge in [-0.3, -0.25) is 10.1 Å². The fraction of sp³-hybridized carbons (Fsp3) is 0.214. The molecule has 0 atom stereocenters. The molecule has 0 amide bonds. The SMILES string of the molecule is Cl.O=[N+]([O-])c1ccc(CNCCOc2ccccn2)cc1. The van der Waals surface area contributed by atoms with Gasteiger partial charge in [-0.25, -0.2) is 4.98 Å². The molecule has 0 spiro atoms. The number of benzene rings is 1. The predicted molar refractivity (Wildman–Crippen MR) is 81.8 cm³/mol. The molecule has 1 N–H and O–H groups in total. The van der Waals surface area contributed by atoms with Gasteiger partial charge < -0.3 is 10.1 Å². The molecule has 7 heteroatoms. The van der Waals surface area contributed by atoms with Gasteiger partial charge in [-0.2, -0.15) is 0 Å². The number of nitrogens with zero attached hydrogens (tertiary/aromatic N) is 2. The van der Waals surface area contributed by atoms with E-state index in [-0.39, 0.29) is 18.1 Å². The molecule has 6 nitrogen and oxygen atoms in total. The molecule has 1 heterocycles. The molecule has 2 rings (SSSR count). The number of hydrogen-bond acceptors (Lipinski definition) is 5. The van der Waals surface area contributed by atoms with Crippen LogP contribution in [0.3, 0.4) is 0 Å². The Morgan fingerprint density at radius 1 is 1.19 bits per heavy atom. The standard InChI is InChI=1S/C14H15N3O3.ClH/c18-17(19)13-6-4-12(5-7-13)11-15-9-10-20-14-3-1-2-8-16-14;/h1-8,15H,9-11H2;1H. The minimum absolute atomic E-state index is 0. The van der Waals surface area contributed by atoms with Crippen LogP contribution in [-0.2, 0) is 6.54 Å². The van der Waals surface area contributed by atoms with E-state index >= 15 is 0 Å². The van der Waals surface area contributed by atoms with E-state index in [1.54, 1.807) is 24.4 Å². The first-order valence-electron chi connectivity index (χ1n) is 6.23. The highest BCUT2D eigenvalue weighted by Gasteiger charge is 2.03. The molecule has 0 fully saturated rings. The number of aromatic nitrogens is 1. The number of nitro benzene ring substituents is 1. The molecule has 21 heavy (non-hydrogen) atoms. The van der Waals surface area contributed by atoms with Crippen molar-refractivity contribution in [2.24, 2.45) is 0 Å². The number of pyridine rings is 1. The van der Waals surface area contributed by atoms with Crippen molar-refractivity contribution >= 4 is 18.1 Å². The molecule has 2 aromatic rings. The van der Waals surface area contributed by atoms with E-state index in [9.17, 15) is 10.1 Å². The normalized spacial score (nSPS) is 9.71. The maximum absolute atomic E-state index is 10.5. The molecule has 1 aromatic carbocycles. The minimum Gasteiger partial charge on any atom is -0.476 e. The van der Waals surface area contributed by atoms with Crippen molar-refractivity contribution in [1.29, 1.82) is 0 Å². The zero-order valence-corrected chi connectivity index (χ0v) is 12.1. The van der Waals surface area contributed by atoms with Gasteiger partial charge in [-0.1, -0.05) is 18.2 Å². The summed E-state index contributed by atoms with van der Waals surface area (Å²) in [6.07, 6.45) is 1.68. The first-order chi connectivity index (χ1) is 9.75. The van der Waals surface area contributed by atoms with Gasteiger partial charge in [0, 0.05) is 37.5 Å². The third-order valence-electron chi connectivity index (χ3n) is 2.64. The summed E-state index contributed by atoms with van der Waals surface area (Å²) >= 11 is 0. The Morgan fingerprint density at radius 2 is 1.95 bits per heavy atom. The minimum atomic E-state index is -0.405. The summed E-state index contributed by atoms with van der Waals surface area (Å²) in [5.41, 5.74) is 1.10. The van der Waals surface area contributed by atoms with E-state index in [0.29, 0.717) is 25.6 Å². The molecular weight excluding hydrogens is 294 g/mol. The molecule has 0 saturated carbocycles. The van der Waals surface area contributed by atoms with E-state index in [2.05, 4.69) is 10.3 Å². The van der Waals surface area contributed by atoms with Crippen molar-refractivity contribution in [2.75, 3.05) is 13.2 Å². The Balaban J connectivity index is 0.00000220. The summed E-state index contributed by atoms with van der Waals surface area (Å²) in [4.78, 5) is 14.2. The lowest BCUT2D eigenvalue weighted by Gasteiger charge is -2.06. The van der Waals surface area contributed by atoms with Crippen LogP contribution in [0.25, 0.3) is 0 Å². The maximum Gasteiger partial charge on any atom is 0.269 e. The number of ether oxygens (including phenoxy) is 1. The van der Waals surface area contributed by atoms with Gasteiger partial charge in [0.2, 0.25) is 5.88 Å². The van der Waals surface area contributed by atoms with Gasteiger partial charge in [-0.05, 0) is 11.6 Å². The summed E-state index contributed by atoms with van der Waals surface area (Å²) < 4.78 is 5.43. The van der Waals surface area contributed by atoms with Crippen molar-refractivity contribution in [3.63, 3.8) is 0 Å². The third-order valence-corrected chi connectivity index (χ3v) is 2.64. The maximum atomic E-state index is 10.5. The van der Waals surface area contributed by atoms with E-state index in [1.807, 2.05) is 12.1 Å². The predicted octanol–water partition coefficient (Wildman–Crippen LogP) is 2.58. The third kappa shape index (κ3) is 5.76. The molecule has 0 aliphatic heterocycles. The van der Waals surface area contributed by atoms with Crippen LogP contribution in [0.15, 0.2) is 48.7 Å². The number of non-ortho nitro benzene ring substituents is 1. The van der Waals surface area contributed by atoms with Crippen LogP contribution in [0, 0.1) is 10.1 Å². The van der Waals surface area contributed by atoms with E-state index in [1.165, 1.54) is 12.1 Å². The second-order valence-corrected chi connectivity index (χ2v) is 4.12.